The lowest BCUT2D eigenvalue weighted by Gasteiger charge is -2.38. The molecular weight excluding hydrogens is 340 g/mol. The fourth-order valence-corrected chi connectivity index (χ4v) is 3.66. The van der Waals surface area contributed by atoms with Crippen LogP contribution in [0.2, 0.25) is 0 Å². The van der Waals surface area contributed by atoms with Crippen LogP contribution in [0.3, 0.4) is 0 Å². The summed E-state index contributed by atoms with van der Waals surface area (Å²) >= 11 is 0. The molecule has 5 nitrogen and oxygen atoms in total. The number of amides is 1. The Balaban J connectivity index is 1.52. The van der Waals surface area contributed by atoms with Crippen LogP contribution in [0.25, 0.3) is 0 Å². The van der Waals surface area contributed by atoms with Gasteiger partial charge in [-0.25, -0.2) is 0 Å². The fourth-order valence-electron chi connectivity index (χ4n) is 3.66. The molecule has 0 bridgehead atoms. The van der Waals surface area contributed by atoms with E-state index in [0.29, 0.717) is 24.9 Å². The Bertz CT molecular complexity index is 798. The molecule has 144 valence electrons. The number of carbonyl (C=O) groups is 1. The van der Waals surface area contributed by atoms with Gasteiger partial charge in [0.25, 0.3) is 5.91 Å². The van der Waals surface area contributed by atoms with Gasteiger partial charge in [0.2, 0.25) is 0 Å². The number of ether oxygens (including phenoxy) is 1. The summed E-state index contributed by atoms with van der Waals surface area (Å²) in [4.78, 5) is 16.7. The molecule has 5 heteroatoms. The highest BCUT2D eigenvalue weighted by atomic mass is 16.5. The number of benzene rings is 2. The van der Waals surface area contributed by atoms with Crippen molar-refractivity contribution in [3.8, 4) is 11.5 Å². The number of aromatic hydroxyl groups is 1. The van der Waals surface area contributed by atoms with E-state index in [0.717, 1.165) is 13.1 Å². The van der Waals surface area contributed by atoms with Crippen molar-refractivity contribution in [2.45, 2.75) is 26.8 Å². The number of phenols is 1. The van der Waals surface area contributed by atoms with Crippen LogP contribution < -0.4 is 4.74 Å². The third-order valence-electron chi connectivity index (χ3n) is 5.31. The summed E-state index contributed by atoms with van der Waals surface area (Å²) in [5.41, 5.74) is 3.95. The molecule has 0 radical (unpaired) electrons. The average Bonchev–Trinajstić information content (AvgIpc) is 2.67. The van der Waals surface area contributed by atoms with Crippen LogP contribution >= 0.6 is 0 Å². The fraction of sp³-hybridized carbons (Fsp3) is 0.409. The highest BCUT2D eigenvalue weighted by molar-refractivity contribution is 5.78. The van der Waals surface area contributed by atoms with Gasteiger partial charge in [-0.15, -0.1) is 0 Å². The first-order valence-corrected chi connectivity index (χ1v) is 9.45. The Hall–Kier alpha value is -2.53. The van der Waals surface area contributed by atoms with Crippen molar-refractivity contribution >= 4 is 5.91 Å². The molecule has 1 unspecified atom stereocenters. The second kappa shape index (κ2) is 8.44. The Morgan fingerprint density at radius 1 is 1.11 bits per heavy atom. The van der Waals surface area contributed by atoms with Crippen molar-refractivity contribution in [2.24, 2.45) is 0 Å². The van der Waals surface area contributed by atoms with Crippen LogP contribution in [0, 0.1) is 13.8 Å². The molecule has 0 saturated carbocycles. The number of carbonyl (C=O) groups excluding carboxylic acids is 1. The maximum absolute atomic E-state index is 12.4. The molecule has 0 spiro atoms. The predicted octanol–water partition coefficient (Wildman–Crippen LogP) is 3.29. The van der Waals surface area contributed by atoms with Crippen LogP contribution in [-0.2, 0) is 4.79 Å². The lowest BCUT2D eigenvalue weighted by molar-refractivity contribution is -0.135. The Labute approximate surface area is 161 Å². The van der Waals surface area contributed by atoms with Gasteiger partial charge in [-0.05, 0) is 44.0 Å². The highest BCUT2D eigenvalue weighted by Crippen LogP contribution is 2.26. The zero-order valence-electron chi connectivity index (χ0n) is 16.3. The van der Waals surface area contributed by atoms with Crippen LogP contribution in [0.15, 0.2) is 42.5 Å². The number of phenolic OH excluding ortho intramolecular Hbond substituents is 1. The van der Waals surface area contributed by atoms with Gasteiger partial charge in [0.05, 0.1) is 0 Å². The van der Waals surface area contributed by atoms with Gasteiger partial charge in [-0.1, -0.05) is 35.9 Å². The molecular formula is C22H28N2O3. The number of aryl methyl sites for hydroxylation is 2. The second-order valence-electron chi connectivity index (χ2n) is 7.21. The van der Waals surface area contributed by atoms with Crippen molar-refractivity contribution in [2.75, 3.05) is 32.8 Å². The highest BCUT2D eigenvalue weighted by Gasteiger charge is 2.25. The smallest absolute Gasteiger partial charge is 0.260 e. The summed E-state index contributed by atoms with van der Waals surface area (Å²) in [5, 5.41) is 9.72. The van der Waals surface area contributed by atoms with E-state index in [-0.39, 0.29) is 18.3 Å². The SMILES string of the molecule is Cc1ccc(C(C)N2CCN(C(=O)COc3ccccc3O)CC2)c(C)c1. The molecule has 1 fully saturated rings. The minimum absolute atomic E-state index is 0.0444. The summed E-state index contributed by atoms with van der Waals surface area (Å²) in [5.74, 6) is 0.349. The molecule has 3 rings (SSSR count). The van der Waals surface area contributed by atoms with Gasteiger partial charge >= 0.3 is 0 Å². The molecule has 1 heterocycles. The number of rotatable bonds is 5. The lowest BCUT2D eigenvalue weighted by Crippen LogP contribution is -2.50. The van der Waals surface area contributed by atoms with Gasteiger partial charge in [0, 0.05) is 32.2 Å². The second-order valence-corrected chi connectivity index (χ2v) is 7.21. The Morgan fingerprint density at radius 3 is 2.48 bits per heavy atom. The van der Waals surface area contributed by atoms with E-state index >= 15 is 0 Å². The van der Waals surface area contributed by atoms with E-state index in [4.69, 9.17) is 4.74 Å². The molecule has 1 atom stereocenters. The zero-order chi connectivity index (χ0) is 19.4. The molecule has 27 heavy (non-hydrogen) atoms. The van der Waals surface area contributed by atoms with Gasteiger partial charge in [-0.2, -0.15) is 0 Å². The third kappa shape index (κ3) is 4.61. The van der Waals surface area contributed by atoms with E-state index in [2.05, 4.69) is 43.9 Å². The van der Waals surface area contributed by atoms with E-state index in [9.17, 15) is 9.90 Å². The lowest BCUT2D eigenvalue weighted by atomic mass is 9.99. The summed E-state index contributed by atoms with van der Waals surface area (Å²) in [6.45, 7) is 9.53. The zero-order valence-corrected chi connectivity index (χ0v) is 16.3. The maximum atomic E-state index is 12.4. The summed E-state index contributed by atoms with van der Waals surface area (Å²) in [6, 6.07) is 13.6. The minimum Gasteiger partial charge on any atom is -0.504 e. The van der Waals surface area contributed by atoms with Crippen molar-refractivity contribution in [3.63, 3.8) is 0 Å². The van der Waals surface area contributed by atoms with Crippen molar-refractivity contribution in [1.29, 1.82) is 0 Å². The molecule has 1 N–H and O–H groups in total. The molecule has 2 aromatic rings. The Kier molecular flexibility index (Phi) is 6.01. The average molecular weight is 368 g/mol. The summed E-state index contributed by atoms with van der Waals surface area (Å²) < 4.78 is 5.47. The molecule has 2 aromatic carbocycles. The molecule has 1 amide bonds. The van der Waals surface area contributed by atoms with E-state index in [1.807, 2.05) is 4.90 Å². The van der Waals surface area contributed by atoms with Crippen LogP contribution in [0.5, 0.6) is 11.5 Å². The van der Waals surface area contributed by atoms with Gasteiger partial charge in [0.1, 0.15) is 0 Å². The number of nitrogens with zero attached hydrogens (tertiary/aromatic N) is 2. The van der Waals surface area contributed by atoms with Crippen LogP contribution in [0.4, 0.5) is 0 Å². The van der Waals surface area contributed by atoms with Crippen molar-refractivity contribution in [3.05, 3.63) is 59.2 Å². The van der Waals surface area contributed by atoms with E-state index in [1.54, 1.807) is 24.3 Å². The van der Waals surface area contributed by atoms with E-state index in [1.165, 1.54) is 16.7 Å². The normalized spacial score (nSPS) is 16.2. The maximum Gasteiger partial charge on any atom is 0.260 e. The predicted molar refractivity (Wildman–Crippen MR) is 106 cm³/mol. The van der Waals surface area contributed by atoms with Gasteiger partial charge in [0.15, 0.2) is 18.1 Å². The Morgan fingerprint density at radius 2 is 1.81 bits per heavy atom. The molecule has 0 aliphatic carbocycles. The summed E-state index contributed by atoms with van der Waals surface area (Å²) in [7, 11) is 0. The number of para-hydroxylation sites is 2. The van der Waals surface area contributed by atoms with E-state index < -0.39 is 0 Å². The largest absolute Gasteiger partial charge is 0.504 e. The number of piperazine rings is 1. The molecule has 1 aliphatic heterocycles. The first-order chi connectivity index (χ1) is 13.0. The first kappa shape index (κ1) is 19.2. The third-order valence-corrected chi connectivity index (χ3v) is 5.31. The standard InChI is InChI=1S/C22H28N2O3/c1-16-8-9-19(17(2)14-16)18(3)23-10-12-24(13-11-23)22(26)15-27-21-7-5-4-6-20(21)25/h4-9,14,18,25H,10-13,15H2,1-3H3. The van der Waals surface area contributed by atoms with Crippen LogP contribution in [-0.4, -0.2) is 53.6 Å². The molecule has 0 aromatic heterocycles. The van der Waals surface area contributed by atoms with Gasteiger partial charge in [-0.3, -0.25) is 9.69 Å². The van der Waals surface area contributed by atoms with Gasteiger partial charge < -0.3 is 14.7 Å². The topological polar surface area (TPSA) is 53.0 Å². The van der Waals surface area contributed by atoms with Crippen LogP contribution in [0.1, 0.15) is 29.7 Å². The summed E-state index contributed by atoms with van der Waals surface area (Å²) in [6.07, 6.45) is 0. The van der Waals surface area contributed by atoms with Crippen molar-refractivity contribution < 1.29 is 14.6 Å². The minimum atomic E-state index is -0.0514. The van der Waals surface area contributed by atoms with Crippen molar-refractivity contribution in [1.82, 2.24) is 9.80 Å². The monoisotopic (exact) mass is 368 g/mol. The quantitative estimate of drug-likeness (QED) is 0.880. The molecule has 1 saturated heterocycles. The number of hydrogen-bond acceptors (Lipinski definition) is 4. The first-order valence-electron chi connectivity index (χ1n) is 9.45. The molecule has 1 aliphatic rings. The number of hydrogen-bond donors (Lipinski definition) is 1.